The summed E-state index contributed by atoms with van der Waals surface area (Å²) in [5.41, 5.74) is 1.54. The smallest absolute Gasteiger partial charge is 0.387 e. The highest BCUT2D eigenvalue weighted by Crippen LogP contribution is 2.33. The van der Waals surface area contributed by atoms with E-state index < -0.39 is 38.2 Å². The summed E-state index contributed by atoms with van der Waals surface area (Å²) in [5.74, 6) is -0.640. The van der Waals surface area contributed by atoms with Gasteiger partial charge in [-0.3, -0.25) is 19.6 Å². The van der Waals surface area contributed by atoms with Gasteiger partial charge >= 0.3 is 13.2 Å². The fourth-order valence-electron chi connectivity index (χ4n) is 7.11. The highest BCUT2D eigenvalue weighted by Gasteiger charge is 2.28. The summed E-state index contributed by atoms with van der Waals surface area (Å²) in [6, 6.07) is 7.41. The number of aromatic nitrogens is 2. The molecule has 60 heavy (non-hydrogen) atoms. The van der Waals surface area contributed by atoms with Crippen molar-refractivity contribution in [2.75, 3.05) is 0 Å². The van der Waals surface area contributed by atoms with Crippen LogP contribution in [-0.4, -0.2) is 84.1 Å². The lowest BCUT2D eigenvalue weighted by atomic mass is 9.90. The second kappa shape index (κ2) is 21.8. The number of carbonyl (C=O) groups is 2. The Labute approximate surface area is 360 Å². The van der Waals surface area contributed by atoms with Crippen LogP contribution in [0.4, 0.5) is 35.1 Å². The maximum Gasteiger partial charge on any atom is 0.387 e. The molecule has 2 heterocycles. The lowest BCUT2D eigenvalue weighted by Crippen LogP contribution is -2.46. The molecule has 0 radical (unpaired) electrons. The SMILES string of the molecule is C[C@@H](NC1CCC(NC(=O)c2cnc3cc(OC(F)F)c(Br)cc3c2)CC1)C(F)F.C[C@H](NC1CCC(NC(=O)c2cnc3cc(OC(F)F)c(Br)cc3c2)CC1)C(F)F.[HH].[HH]. The molecule has 0 aliphatic heterocycles. The Morgan fingerprint density at radius 2 is 0.917 bits per heavy atom. The largest absolute Gasteiger partial charge is 0.434 e. The van der Waals surface area contributed by atoms with Crippen molar-refractivity contribution in [1.82, 2.24) is 31.2 Å². The van der Waals surface area contributed by atoms with Crippen LogP contribution in [0.5, 0.6) is 11.5 Å². The van der Waals surface area contributed by atoms with Gasteiger partial charge < -0.3 is 30.7 Å². The highest BCUT2D eigenvalue weighted by molar-refractivity contribution is 9.11. The van der Waals surface area contributed by atoms with Crippen molar-refractivity contribution in [3.63, 3.8) is 0 Å². The maximum atomic E-state index is 12.7. The molecule has 2 atom stereocenters. The summed E-state index contributed by atoms with van der Waals surface area (Å²) in [6.07, 6.45) is 3.57. The molecule has 20 heteroatoms. The molecule has 4 aromatic rings. The molecule has 0 unspecified atom stereocenters. The third-order valence-electron chi connectivity index (χ3n) is 10.3. The molecule has 2 aromatic heterocycles. The van der Waals surface area contributed by atoms with E-state index >= 15 is 0 Å². The van der Waals surface area contributed by atoms with E-state index in [4.69, 9.17) is 0 Å². The van der Waals surface area contributed by atoms with Crippen LogP contribution in [0.3, 0.4) is 0 Å². The first-order chi connectivity index (χ1) is 28.4. The summed E-state index contributed by atoms with van der Waals surface area (Å²) in [4.78, 5) is 33.6. The summed E-state index contributed by atoms with van der Waals surface area (Å²) in [5, 5.41) is 13.0. The number of fused-ring (bicyclic) bond motifs is 2. The number of rotatable bonds is 14. The van der Waals surface area contributed by atoms with E-state index in [0.29, 0.717) is 93.2 Å². The first-order valence-electron chi connectivity index (χ1n) is 19.2. The number of halogens is 10. The van der Waals surface area contributed by atoms with Crippen molar-refractivity contribution in [2.24, 2.45) is 0 Å². The molecule has 10 nitrogen and oxygen atoms in total. The topological polar surface area (TPSA) is 126 Å². The molecule has 332 valence electrons. The van der Waals surface area contributed by atoms with Gasteiger partial charge in [-0.05, 0) is 121 Å². The first kappa shape index (κ1) is 47.2. The number of alkyl halides is 8. The van der Waals surface area contributed by atoms with Crippen LogP contribution in [0.2, 0.25) is 0 Å². The molecule has 4 N–H and O–H groups in total. The third-order valence-corrected chi connectivity index (χ3v) is 11.5. The van der Waals surface area contributed by atoms with Gasteiger partial charge in [-0.1, -0.05) is 0 Å². The number of benzene rings is 2. The van der Waals surface area contributed by atoms with E-state index in [9.17, 15) is 44.7 Å². The second-order valence-corrected chi connectivity index (χ2v) is 16.5. The molecule has 2 aliphatic carbocycles. The Morgan fingerprint density at radius 3 is 1.23 bits per heavy atom. The van der Waals surface area contributed by atoms with Crippen LogP contribution in [0.25, 0.3) is 21.8 Å². The second-order valence-electron chi connectivity index (χ2n) is 14.8. The summed E-state index contributed by atoms with van der Waals surface area (Å²) in [6.45, 7) is -2.97. The molecule has 2 saturated carbocycles. The first-order valence-corrected chi connectivity index (χ1v) is 20.8. The monoisotopic (exact) mass is 986 g/mol. The minimum Gasteiger partial charge on any atom is -0.434 e. The van der Waals surface area contributed by atoms with Crippen molar-refractivity contribution in [3.05, 3.63) is 68.9 Å². The van der Waals surface area contributed by atoms with Crippen molar-refractivity contribution in [2.45, 2.75) is 128 Å². The predicted octanol–water partition coefficient (Wildman–Crippen LogP) is 10.3. The van der Waals surface area contributed by atoms with Crippen LogP contribution in [0.15, 0.2) is 57.7 Å². The number of carbonyl (C=O) groups excluding carboxylic acids is 2. The normalized spacial score (nSPS) is 20.5. The number of pyridine rings is 2. The van der Waals surface area contributed by atoms with E-state index in [1.54, 1.807) is 24.3 Å². The molecule has 0 saturated heterocycles. The van der Waals surface area contributed by atoms with Crippen molar-refractivity contribution < 1.29 is 57.0 Å². The standard InChI is InChI=1S/2C20H22BrF4N3O2.2H2/c2*1-10(18(22)23)27-13-2-4-14(5-3-13)28-19(29)12-6-11-7-15(21)17(30-20(24)25)8-16(11)26-9-12;;/h2*6-10,13-14,18,20,27H,2-5H2,1H3,(H,28,29);2*1H/t2*10-,13?,14?;;/m10../s1. The van der Waals surface area contributed by atoms with E-state index in [2.05, 4.69) is 72.6 Å². The van der Waals surface area contributed by atoms with Gasteiger partial charge in [0.1, 0.15) is 11.5 Å². The van der Waals surface area contributed by atoms with Crippen LogP contribution >= 0.6 is 31.9 Å². The molecule has 2 aliphatic rings. The van der Waals surface area contributed by atoms with Gasteiger partial charge in [-0.25, -0.2) is 17.6 Å². The minimum atomic E-state index is -2.95. The molecule has 0 bridgehead atoms. The summed E-state index contributed by atoms with van der Waals surface area (Å²) >= 11 is 6.36. The Bertz CT molecular complexity index is 1940. The predicted molar refractivity (Wildman–Crippen MR) is 221 cm³/mol. The van der Waals surface area contributed by atoms with Crippen molar-refractivity contribution in [3.8, 4) is 11.5 Å². The number of hydrogen-bond acceptors (Lipinski definition) is 8. The number of ether oxygens (including phenoxy) is 2. The van der Waals surface area contributed by atoms with E-state index in [0.717, 1.165) is 0 Å². The number of hydrogen-bond donors (Lipinski definition) is 4. The summed E-state index contributed by atoms with van der Waals surface area (Å²) in [7, 11) is 0. The fourth-order valence-corrected chi connectivity index (χ4v) is 8.02. The quantitative estimate of drug-likeness (QED) is 0.0921. The minimum absolute atomic E-state index is 0. The molecular weight excluding hydrogens is 940 g/mol. The van der Waals surface area contributed by atoms with Crippen LogP contribution in [-0.2, 0) is 0 Å². The third kappa shape index (κ3) is 13.6. The number of nitrogens with one attached hydrogen (secondary N) is 4. The number of nitrogens with zero attached hydrogens (tertiary/aromatic N) is 2. The maximum absolute atomic E-state index is 12.7. The molecular formula is C40H48Br2F8N6O4. The van der Waals surface area contributed by atoms with Gasteiger partial charge in [0.25, 0.3) is 24.7 Å². The molecule has 0 spiro atoms. The van der Waals surface area contributed by atoms with Gasteiger partial charge in [-0.2, -0.15) is 17.6 Å². The molecule has 6 rings (SSSR count). The Kier molecular flexibility index (Phi) is 17.1. The zero-order valence-corrected chi connectivity index (χ0v) is 35.5. The van der Waals surface area contributed by atoms with Crippen molar-refractivity contribution in [1.29, 1.82) is 0 Å². The van der Waals surface area contributed by atoms with Gasteiger partial charge in [0.05, 0.1) is 43.2 Å². The zero-order valence-electron chi connectivity index (χ0n) is 32.4. The lowest BCUT2D eigenvalue weighted by Gasteiger charge is -2.31. The van der Waals surface area contributed by atoms with Crippen LogP contribution in [0.1, 0.15) is 88.8 Å². The van der Waals surface area contributed by atoms with Crippen LogP contribution < -0.4 is 30.7 Å². The average Bonchev–Trinajstić information content (AvgIpc) is 3.19. The van der Waals surface area contributed by atoms with E-state index in [1.165, 1.54) is 38.4 Å². The van der Waals surface area contributed by atoms with Gasteiger partial charge in [0.2, 0.25) is 0 Å². The van der Waals surface area contributed by atoms with E-state index in [-0.39, 0.29) is 50.3 Å². The Hall–Kier alpha value is -3.88. The van der Waals surface area contributed by atoms with Gasteiger partial charge in [0.15, 0.2) is 0 Å². The van der Waals surface area contributed by atoms with Crippen LogP contribution in [0, 0.1) is 0 Å². The highest BCUT2D eigenvalue weighted by atomic mass is 79.9. The fraction of sp³-hybridized carbons (Fsp3) is 0.500. The van der Waals surface area contributed by atoms with Gasteiger partial charge in [0, 0.05) is 62.3 Å². The van der Waals surface area contributed by atoms with E-state index in [1.807, 2.05) is 0 Å². The summed E-state index contributed by atoms with van der Waals surface area (Å²) < 4.78 is 110. The zero-order chi connectivity index (χ0) is 43.7. The van der Waals surface area contributed by atoms with Crippen molar-refractivity contribution >= 4 is 65.5 Å². The molecule has 2 fully saturated rings. The average molecular weight is 989 g/mol. The lowest BCUT2D eigenvalue weighted by molar-refractivity contribution is -0.0509. The molecule has 2 amide bonds. The van der Waals surface area contributed by atoms with Gasteiger partial charge in [-0.15, -0.1) is 0 Å². The number of amides is 2. The molecule has 2 aromatic carbocycles. The Morgan fingerprint density at radius 1 is 0.583 bits per heavy atom. The Balaban J connectivity index is 0.000000320.